The minimum absolute atomic E-state index is 0.104. The maximum atomic E-state index is 11.9. The first kappa shape index (κ1) is 12.8. The smallest absolute Gasteiger partial charge is 0.257 e. The van der Waals surface area contributed by atoms with Crippen molar-refractivity contribution in [1.82, 2.24) is 4.98 Å². The lowest BCUT2D eigenvalue weighted by atomic mass is 10.1. The number of carbonyl (C=O) groups is 1. The van der Waals surface area contributed by atoms with Gasteiger partial charge in [-0.25, -0.2) is 4.98 Å². The lowest BCUT2D eigenvalue weighted by Crippen LogP contribution is -2.11. The molecule has 1 amide bonds. The molecular formula is C14H16N2OS. The Labute approximate surface area is 111 Å². The molecule has 0 unspecified atom stereocenters. The van der Waals surface area contributed by atoms with E-state index >= 15 is 0 Å². The van der Waals surface area contributed by atoms with Crippen LogP contribution in [-0.4, -0.2) is 10.9 Å². The van der Waals surface area contributed by atoms with E-state index < -0.39 is 0 Å². The molecule has 0 saturated heterocycles. The highest BCUT2D eigenvalue weighted by Crippen LogP contribution is 2.17. The molecule has 0 aliphatic heterocycles. The van der Waals surface area contributed by atoms with Gasteiger partial charge in [-0.05, 0) is 31.0 Å². The number of hydrogen-bond donors (Lipinski definition) is 1. The van der Waals surface area contributed by atoms with Gasteiger partial charge in [-0.2, -0.15) is 0 Å². The zero-order chi connectivity index (χ0) is 13.0. The third-order valence-electron chi connectivity index (χ3n) is 2.60. The SMILES string of the molecule is CCCc1ccc(C(=O)Nc2ncc(C)s2)cc1. The molecule has 1 heterocycles. The van der Waals surface area contributed by atoms with Gasteiger partial charge >= 0.3 is 0 Å². The minimum atomic E-state index is -0.104. The molecular weight excluding hydrogens is 244 g/mol. The second-order valence-electron chi connectivity index (χ2n) is 4.18. The minimum Gasteiger partial charge on any atom is -0.298 e. The molecule has 0 aliphatic rings. The summed E-state index contributed by atoms with van der Waals surface area (Å²) in [5.41, 5.74) is 1.93. The fourth-order valence-electron chi connectivity index (χ4n) is 1.69. The Hall–Kier alpha value is -1.68. The van der Waals surface area contributed by atoms with Gasteiger partial charge in [0.05, 0.1) is 0 Å². The summed E-state index contributed by atoms with van der Waals surface area (Å²) in [5, 5.41) is 3.45. The molecule has 0 fully saturated rings. The summed E-state index contributed by atoms with van der Waals surface area (Å²) < 4.78 is 0. The largest absolute Gasteiger partial charge is 0.298 e. The van der Waals surface area contributed by atoms with Crippen molar-refractivity contribution in [3.8, 4) is 0 Å². The highest BCUT2D eigenvalue weighted by Gasteiger charge is 2.07. The van der Waals surface area contributed by atoms with Gasteiger partial charge in [0.25, 0.3) is 5.91 Å². The summed E-state index contributed by atoms with van der Waals surface area (Å²) in [7, 11) is 0. The summed E-state index contributed by atoms with van der Waals surface area (Å²) in [6, 6.07) is 7.73. The lowest BCUT2D eigenvalue weighted by Gasteiger charge is -2.03. The number of nitrogens with zero attached hydrogens (tertiary/aromatic N) is 1. The molecule has 1 aromatic heterocycles. The zero-order valence-corrected chi connectivity index (χ0v) is 11.4. The highest BCUT2D eigenvalue weighted by atomic mass is 32.1. The van der Waals surface area contributed by atoms with Crippen LogP contribution in [0, 0.1) is 6.92 Å². The number of thiazole rings is 1. The molecule has 18 heavy (non-hydrogen) atoms. The highest BCUT2D eigenvalue weighted by molar-refractivity contribution is 7.15. The van der Waals surface area contributed by atoms with Crippen LogP contribution >= 0.6 is 11.3 Å². The van der Waals surface area contributed by atoms with Crippen LogP contribution in [0.25, 0.3) is 0 Å². The molecule has 0 bridgehead atoms. The average Bonchev–Trinajstić information content (AvgIpc) is 2.76. The van der Waals surface area contributed by atoms with Crippen LogP contribution in [0.3, 0.4) is 0 Å². The Morgan fingerprint density at radius 2 is 2.06 bits per heavy atom. The Balaban J connectivity index is 2.04. The standard InChI is InChI=1S/C14H16N2OS/c1-3-4-11-5-7-12(8-6-11)13(17)16-14-15-9-10(2)18-14/h5-9H,3-4H2,1-2H3,(H,15,16,17). The quantitative estimate of drug-likeness (QED) is 0.911. The third-order valence-corrected chi connectivity index (χ3v) is 3.42. The number of aromatic nitrogens is 1. The summed E-state index contributed by atoms with van der Waals surface area (Å²) >= 11 is 1.48. The van der Waals surface area contributed by atoms with E-state index in [0.717, 1.165) is 17.7 Å². The number of rotatable bonds is 4. The van der Waals surface area contributed by atoms with Crippen molar-refractivity contribution in [2.24, 2.45) is 0 Å². The topological polar surface area (TPSA) is 42.0 Å². The third kappa shape index (κ3) is 3.17. The predicted octanol–water partition coefficient (Wildman–Crippen LogP) is 3.66. The van der Waals surface area contributed by atoms with E-state index in [4.69, 9.17) is 0 Å². The van der Waals surface area contributed by atoms with E-state index in [1.807, 2.05) is 31.2 Å². The molecule has 3 nitrogen and oxygen atoms in total. The summed E-state index contributed by atoms with van der Waals surface area (Å²) in [6.07, 6.45) is 3.92. The van der Waals surface area contributed by atoms with Crippen LogP contribution in [0.5, 0.6) is 0 Å². The van der Waals surface area contributed by atoms with Crippen molar-refractivity contribution >= 4 is 22.4 Å². The molecule has 2 aromatic rings. The molecule has 1 N–H and O–H groups in total. The Bertz CT molecular complexity index is 531. The number of benzene rings is 1. The van der Waals surface area contributed by atoms with Gasteiger partial charge in [0.1, 0.15) is 0 Å². The van der Waals surface area contributed by atoms with Crippen LogP contribution in [0.1, 0.15) is 34.1 Å². The zero-order valence-electron chi connectivity index (χ0n) is 10.6. The van der Waals surface area contributed by atoms with E-state index in [-0.39, 0.29) is 5.91 Å². The monoisotopic (exact) mass is 260 g/mol. The molecule has 0 radical (unpaired) electrons. The van der Waals surface area contributed by atoms with Crippen LogP contribution in [0.2, 0.25) is 0 Å². The predicted molar refractivity (Wildman–Crippen MR) is 75.2 cm³/mol. The van der Waals surface area contributed by atoms with E-state index in [0.29, 0.717) is 10.7 Å². The van der Waals surface area contributed by atoms with E-state index in [9.17, 15) is 4.79 Å². The van der Waals surface area contributed by atoms with E-state index in [1.54, 1.807) is 6.20 Å². The molecule has 0 saturated carbocycles. The van der Waals surface area contributed by atoms with Gasteiger partial charge in [0.15, 0.2) is 5.13 Å². The van der Waals surface area contributed by atoms with Gasteiger partial charge in [0.2, 0.25) is 0 Å². The lowest BCUT2D eigenvalue weighted by molar-refractivity contribution is 0.102. The van der Waals surface area contributed by atoms with Crippen LogP contribution in [-0.2, 0) is 6.42 Å². The molecule has 0 spiro atoms. The van der Waals surface area contributed by atoms with Crippen LogP contribution in [0.4, 0.5) is 5.13 Å². The van der Waals surface area contributed by atoms with Crippen LogP contribution < -0.4 is 5.32 Å². The van der Waals surface area contributed by atoms with Crippen molar-refractivity contribution < 1.29 is 4.79 Å². The van der Waals surface area contributed by atoms with Gasteiger partial charge in [-0.3, -0.25) is 10.1 Å². The maximum Gasteiger partial charge on any atom is 0.257 e. The van der Waals surface area contributed by atoms with Gasteiger partial charge in [-0.1, -0.05) is 25.5 Å². The second-order valence-corrected chi connectivity index (χ2v) is 5.41. The molecule has 0 aliphatic carbocycles. The van der Waals surface area contributed by atoms with Crippen molar-refractivity contribution in [1.29, 1.82) is 0 Å². The van der Waals surface area contributed by atoms with Gasteiger partial charge in [0, 0.05) is 16.6 Å². The van der Waals surface area contributed by atoms with Crippen LogP contribution in [0.15, 0.2) is 30.5 Å². The fourth-order valence-corrected chi connectivity index (χ4v) is 2.35. The number of hydrogen-bond acceptors (Lipinski definition) is 3. The normalized spacial score (nSPS) is 10.3. The first-order valence-electron chi connectivity index (χ1n) is 6.01. The van der Waals surface area contributed by atoms with E-state index in [2.05, 4.69) is 17.2 Å². The number of carbonyl (C=O) groups excluding carboxylic acids is 1. The summed E-state index contributed by atoms with van der Waals surface area (Å²) in [4.78, 5) is 17.1. The molecule has 0 atom stereocenters. The van der Waals surface area contributed by atoms with Gasteiger partial charge < -0.3 is 0 Å². The fraction of sp³-hybridized carbons (Fsp3) is 0.286. The van der Waals surface area contributed by atoms with Crippen molar-refractivity contribution in [2.75, 3.05) is 5.32 Å². The van der Waals surface area contributed by atoms with Gasteiger partial charge in [-0.15, -0.1) is 11.3 Å². The number of nitrogens with one attached hydrogen (secondary N) is 1. The number of anilines is 1. The van der Waals surface area contributed by atoms with Crippen molar-refractivity contribution in [3.63, 3.8) is 0 Å². The molecule has 94 valence electrons. The first-order chi connectivity index (χ1) is 8.69. The second kappa shape index (κ2) is 5.78. The summed E-state index contributed by atoms with van der Waals surface area (Å²) in [5.74, 6) is -0.104. The number of aryl methyl sites for hydroxylation is 2. The first-order valence-corrected chi connectivity index (χ1v) is 6.83. The maximum absolute atomic E-state index is 11.9. The summed E-state index contributed by atoms with van der Waals surface area (Å²) in [6.45, 7) is 4.11. The molecule has 1 aromatic carbocycles. The molecule has 2 rings (SSSR count). The van der Waals surface area contributed by atoms with E-state index in [1.165, 1.54) is 16.9 Å². The Kier molecular flexibility index (Phi) is 4.10. The number of amides is 1. The molecule has 4 heteroatoms. The van der Waals surface area contributed by atoms with Crippen molar-refractivity contribution in [3.05, 3.63) is 46.5 Å². The van der Waals surface area contributed by atoms with Crippen molar-refractivity contribution in [2.45, 2.75) is 26.7 Å². The Morgan fingerprint density at radius 1 is 1.33 bits per heavy atom. The Morgan fingerprint density at radius 3 is 2.61 bits per heavy atom. The average molecular weight is 260 g/mol.